The summed E-state index contributed by atoms with van der Waals surface area (Å²) >= 11 is 7.28. The Hall–Kier alpha value is -1.93. The van der Waals surface area contributed by atoms with Crippen LogP contribution in [0.15, 0.2) is 57.1 Å². The highest BCUT2D eigenvalue weighted by atomic mass is 35.5. The van der Waals surface area contributed by atoms with Gasteiger partial charge in [0.15, 0.2) is 5.09 Å². The number of hydrogen-bond donors (Lipinski definition) is 1. The van der Waals surface area contributed by atoms with E-state index >= 15 is 0 Å². The molecule has 5 nitrogen and oxygen atoms in total. The number of ether oxygens (including phenoxy) is 1. The first kappa shape index (κ1) is 19.4. The quantitative estimate of drug-likeness (QED) is 0.610. The molecule has 1 saturated heterocycles. The molecular formula is C20H19ClFN3O2S. The summed E-state index contributed by atoms with van der Waals surface area (Å²) < 4.78 is 25.3. The maximum Gasteiger partial charge on any atom is 0.227 e. The van der Waals surface area contributed by atoms with Crippen molar-refractivity contribution in [2.45, 2.75) is 35.7 Å². The van der Waals surface area contributed by atoms with Crippen LogP contribution < -0.4 is 5.32 Å². The summed E-state index contributed by atoms with van der Waals surface area (Å²) in [7, 11) is 0. The zero-order chi connectivity index (χ0) is 19.3. The largest absolute Gasteiger partial charge is 0.429 e. The van der Waals surface area contributed by atoms with Crippen molar-refractivity contribution in [1.82, 2.24) is 15.3 Å². The molecule has 4 rings (SSSR count). The summed E-state index contributed by atoms with van der Waals surface area (Å²) in [5, 5.41) is 5.25. The Bertz CT molecular complexity index is 912. The van der Waals surface area contributed by atoms with Crippen molar-refractivity contribution in [3.05, 3.63) is 59.1 Å². The van der Waals surface area contributed by atoms with Crippen molar-refractivity contribution in [3.8, 4) is 11.5 Å². The molecule has 0 spiro atoms. The lowest BCUT2D eigenvalue weighted by molar-refractivity contribution is 0.0181. The molecule has 1 aliphatic heterocycles. The van der Waals surface area contributed by atoms with E-state index in [4.69, 9.17) is 20.8 Å². The molecule has 2 aromatic heterocycles. The van der Waals surface area contributed by atoms with Gasteiger partial charge in [-0.3, -0.25) is 0 Å². The zero-order valence-corrected chi connectivity index (χ0v) is 16.6. The van der Waals surface area contributed by atoms with Crippen molar-refractivity contribution < 1.29 is 13.5 Å². The maximum absolute atomic E-state index is 13.2. The maximum atomic E-state index is 13.2. The first-order valence-corrected chi connectivity index (χ1v) is 10.2. The van der Waals surface area contributed by atoms with Gasteiger partial charge < -0.3 is 14.5 Å². The number of aromatic nitrogens is 2. The van der Waals surface area contributed by atoms with Gasteiger partial charge in [-0.15, -0.1) is 0 Å². The van der Waals surface area contributed by atoms with Crippen LogP contribution in [0.5, 0.6) is 0 Å². The summed E-state index contributed by atoms with van der Waals surface area (Å²) in [5.41, 5.74) is 1.42. The standard InChI is InChI=1S/C20H19ClFN3O2S/c21-14-3-6-18(24-11-14)28-20-17(12-26-16-7-9-23-10-8-16)25-19(27-20)13-1-4-15(22)5-2-13/h1-6,11,16,23H,7-10,12H2. The highest BCUT2D eigenvalue weighted by Gasteiger charge is 2.20. The smallest absolute Gasteiger partial charge is 0.227 e. The fourth-order valence-corrected chi connectivity index (χ4v) is 3.79. The second-order valence-corrected chi connectivity index (χ2v) is 7.87. The van der Waals surface area contributed by atoms with E-state index in [0.29, 0.717) is 33.9 Å². The molecule has 3 aromatic rings. The monoisotopic (exact) mass is 419 g/mol. The Kier molecular flexibility index (Phi) is 6.26. The minimum atomic E-state index is -0.301. The van der Waals surface area contributed by atoms with Crippen LogP contribution in [0.25, 0.3) is 11.5 Å². The molecule has 1 aromatic carbocycles. The van der Waals surface area contributed by atoms with Crippen molar-refractivity contribution in [2.75, 3.05) is 13.1 Å². The third-order valence-electron chi connectivity index (χ3n) is 4.39. The van der Waals surface area contributed by atoms with Crippen LogP contribution in [0.3, 0.4) is 0 Å². The minimum Gasteiger partial charge on any atom is -0.429 e. The Morgan fingerprint density at radius 3 is 2.68 bits per heavy atom. The first-order chi connectivity index (χ1) is 13.7. The fraction of sp³-hybridized carbons (Fsp3) is 0.300. The molecule has 1 fully saturated rings. The van der Waals surface area contributed by atoms with Crippen LogP contribution in [0.2, 0.25) is 5.02 Å². The molecule has 28 heavy (non-hydrogen) atoms. The van der Waals surface area contributed by atoms with Crippen LogP contribution in [0, 0.1) is 5.82 Å². The van der Waals surface area contributed by atoms with Gasteiger partial charge in [0.1, 0.15) is 16.5 Å². The molecule has 8 heteroatoms. The number of halogens is 2. The lowest BCUT2D eigenvalue weighted by atomic mass is 10.1. The summed E-state index contributed by atoms with van der Waals surface area (Å²) in [6.07, 6.45) is 3.75. The van der Waals surface area contributed by atoms with Crippen LogP contribution in [-0.4, -0.2) is 29.2 Å². The number of rotatable bonds is 6. The molecule has 0 unspecified atom stereocenters. The topological polar surface area (TPSA) is 60.2 Å². The second kappa shape index (κ2) is 9.05. The Balaban J connectivity index is 1.57. The van der Waals surface area contributed by atoms with Gasteiger partial charge in [0.25, 0.3) is 0 Å². The lowest BCUT2D eigenvalue weighted by Gasteiger charge is -2.22. The fourth-order valence-electron chi connectivity index (χ4n) is 2.90. The molecule has 0 radical (unpaired) electrons. The molecule has 0 aliphatic carbocycles. The van der Waals surface area contributed by atoms with Crippen LogP contribution in [0.4, 0.5) is 4.39 Å². The number of nitrogens with one attached hydrogen (secondary N) is 1. The molecule has 0 amide bonds. The summed E-state index contributed by atoms with van der Waals surface area (Å²) in [6, 6.07) is 9.67. The number of benzene rings is 1. The van der Waals surface area contributed by atoms with E-state index in [1.165, 1.54) is 23.9 Å². The Morgan fingerprint density at radius 2 is 1.96 bits per heavy atom. The van der Waals surface area contributed by atoms with Gasteiger partial charge in [0.2, 0.25) is 5.89 Å². The third kappa shape index (κ3) is 4.91. The van der Waals surface area contributed by atoms with E-state index in [-0.39, 0.29) is 11.9 Å². The minimum absolute atomic E-state index is 0.207. The number of nitrogens with zero attached hydrogens (tertiary/aromatic N) is 2. The van der Waals surface area contributed by atoms with Gasteiger partial charge in [-0.05, 0) is 74.1 Å². The SMILES string of the molecule is Fc1ccc(-c2nc(COC3CCNCC3)c(Sc3ccc(Cl)cn3)o2)cc1. The van der Waals surface area contributed by atoms with Gasteiger partial charge in [-0.1, -0.05) is 11.6 Å². The molecule has 3 heterocycles. The molecule has 1 N–H and O–H groups in total. The average Bonchev–Trinajstić information content (AvgIpc) is 3.12. The predicted molar refractivity (Wildman–Crippen MR) is 106 cm³/mol. The Morgan fingerprint density at radius 1 is 1.18 bits per heavy atom. The van der Waals surface area contributed by atoms with Gasteiger partial charge in [0, 0.05) is 11.8 Å². The highest BCUT2D eigenvalue weighted by Crippen LogP contribution is 2.34. The second-order valence-electron chi connectivity index (χ2n) is 6.44. The summed E-state index contributed by atoms with van der Waals surface area (Å²) in [5.74, 6) is 0.130. The molecule has 0 atom stereocenters. The number of hydrogen-bond acceptors (Lipinski definition) is 6. The normalized spacial score (nSPS) is 15.1. The van der Waals surface area contributed by atoms with Gasteiger partial charge in [-0.25, -0.2) is 14.4 Å². The number of pyridine rings is 1. The van der Waals surface area contributed by atoms with E-state index in [0.717, 1.165) is 31.0 Å². The molecule has 0 bridgehead atoms. The van der Waals surface area contributed by atoms with Crippen LogP contribution >= 0.6 is 23.4 Å². The van der Waals surface area contributed by atoms with Crippen molar-refractivity contribution in [1.29, 1.82) is 0 Å². The van der Waals surface area contributed by atoms with E-state index in [1.807, 2.05) is 6.07 Å². The van der Waals surface area contributed by atoms with Gasteiger partial charge in [0.05, 0.1) is 17.7 Å². The molecular weight excluding hydrogens is 401 g/mol. The average molecular weight is 420 g/mol. The third-order valence-corrected chi connectivity index (χ3v) is 5.57. The van der Waals surface area contributed by atoms with E-state index < -0.39 is 0 Å². The molecule has 1 aliphatic rings. The van der Waals surface area contributed by atoms with E-state index in [9.17, 15) is 4.39 Å². The van der Waals surface area contributed by atoms with Crippen molar-refractivity contribution in [2.24, 2.45) is 0 Å². The van der Waals surface area contributed by atoms with Gasteiger partial charge >= 0.3 is 0 Å². The highest BCUT2D eigenvalue weighted by molar-refractivity contribution is 7.99. The Labute approximate surface area is 171 Å². The predicted octanol–water partition coefficient (Wildman–Crippen LogP) is 4.95. The van der Waals surface area contributed by atoms with Crippen LogP contribution in [-0.2, 0) is 11.3 Å². The van der Waals surface area contributed by atoms with E-state index in [1.54, 1.807) is 24.4 Å². The van der Waals surface area contributed by atoms with E-state index in [2.05, 4.69) is 15.3 Å². The summed E-state index contributed by atoms with van der Waals surface area (Å²) in [4.78, 5) is 8.91. The number of oxazole rings is 1. The summed E-state index contributed by atoms with van der Waals surface area (Å²) in [6.45, 7) is 2.27. The molecule has 0 saturated carbocycles. The zero-order valence-electron chi connectivity index (χ0n) is 15.0. The van der Waals surface area contributed by atoms with Gasteiger partial charge in [-0.2, -0.15) is 0 Å². The lowest BCUT2D eigenvalue weighted by Crippen LogP contribution is -2.32. The first-order valence-electron chi connectivity index (χ1n) is 9.05. The van der Waals surface area contributed by atoms with Crippen LogP contribution in [0.1, 0.15) is 18.5 Å². The van der Waals surface area contributed by atoms with Crippen molar-refractivity contribution in [3.63, 3.8) is 0 Å². The molecule has 146 valence electrons. The van der Waals surface area contributed by atoms with Crippen molar-refractivity contribution >= 4 is 23.4 Å². The number of piperidine rings is 1.